The Morgan fingerprint density at radius 1 is 0.862 bits per heavy atom. The average molecular weight is 451 g/mol. The molecule has 0 spiro atoms. The first-order valence-electron chi connectivity index (χ1n) is 9.34. The summed E-state index contributed by atoms with van der Waals surface area (Å²) < 4.78 is 0.693. The number of carbonyl (C=O) groups is 2. The summed E-state index contributed by atoms with van der Waals surface area (Å²) in [7, 11) is 1.66. The summed E-state index contributed by atoms with van der Waals surface area (Å²) in [5.41, 5.74) is 3.99. The summed E-state index contributed by atoms with van der Waals surface area (Å²) in [4.78, 5) is 28.0. The van der Waals surface area contributed by atoms with Crippen LogP contribution >= 0.6 is 15.9 Å². The minimum Gasteiger partial charge on any atom is -0.326 e. The molecule has 0 bridgehead atoms. The Labute approximate surface area is 179 Å². The fourth-order valence-electron chi connectivity index (χ4n) is 3.33. The van der Waals surface area contributed by atoms with E-state index in [0.717, 1.165) is 22.4 Å². The lowest BCUT2D eigenvalue weighted by Gasteiger charge is -2.28. The predicted molar refractivity (Wildman–Crippen MR) is 120 cm³/mol. The van der Waals surface area contributed by atoms with E-state index in [9.17, 15) is 9.59 Å². The standard InChI is InChI=1S/C24H23BrN2O2/c1-16-10-9-11-17(2)21(16)26-23(28)22(18-12-5-4-6-13-18)27(3)24(29)19-14-7-8-15-20(19)25/h4-15,22H,1-3H3,(H,26,28)/t22-/m0/s1. The van der Waals surface area contributed by atoms with E-state index in [1.54, 1.807) is 19.2 Å². The van der Waals surface area contributed by atoms with Crippen LogP contribution < -0.4 is 5.32 Å². The molecule has 0 aliphatic heterocycles. The number of benzene rings is 3. The Hall–Kier alpha value is -2.92. The van der Waals surface area contributed by atoms with Crippen LogP contribution in [-0.2, 0) is 4.79 Å². The molecule has 3 aromatic carbocycles. The SMILES string of the molecule is Cc1cccc(C)c1NC(=O)[C@H](c1ccccc1)N(C)C(=O)c1ccccc1Br. The number of aryl methyl sites for hydroxylation is 2. The van der Waals surface area contributed by atoms with Crippen molar-refractivity contribution in [2.75, 3.05) is 12.4 Å². The third-order valence-corrected chi connectivity index (χ3v) is 5.60. The number of hydrogen-bond acceptors (Lipinski definition) is 2. The van der Waals surface area contributed by atoms with Gasteiger partial charge in [-0.3, -0.25) is 9.59 Å². The number of amides is 2. The molecule has 0 aliphatic carbocycles. The van der Waals surface area contributed by atoms with Crippen molar-refractivity contribution < 1.29 is 9.59 Å². The Balaban J connectivity index is 1.98. The highest BCUT2D eigenvalue weighted by molar-refractivity contribution is 9.10. The van der Waals surface area contributed by atoms with Gasteiger partial charge in [0.1, 0.15) is 6.04 Å². The lowest BCUT2D eigenvalue weighted by molar-refractivity contribution is -0.120. The molecule has 148 valence electrons. The maximum absolute atomic E-state index is 13.4. The highest BCUT2D eigenvalue weighted by Crippen LogP contribution is 2.27. The maximum Gasteiger partial charge on any atom is 0.255 e. The number of nitrogens with zero attached hydrogens (tertiary/aromatic N) is 1. The molecule has 0 saturated carbocycles. The molecule has 5 heteroatoms. The summed E-state index contributed by atoms with van der Waals surface area (Å²) in [6.07, 6.45) is 0. The van der Waals surface area contributed by atoms with Crippen LogP contribution in [0.3, 0.4) is 0 Å². The molecule has 1 N–H and O–H groups in total. The molecule has 2 amide bonds. The number of rotatable bonds is 5. The number of halogens is 1. The van der Waals surface area contributed by atoms with Crippen molar-refractivity contribution in [3.05, 3.63) is 99.5 Å². The molecular formula is C24H23BrN2O2. The smallest absolute Gasteiger partial charge is 0.255 e. The monoisotopic (exact) mass is 450 g/mol. The van der Waals surface area contributed by atoms with Crippen molar-refractivity contribution in [2.24, 2.45) is 0 Å². The van der Waals surface area contributed by atoms with Crippen molar-refractivity contribution in [1.29, 1.82) is 0 Å². The molecule has 1 atom stereocenters. The number of para-hydroxylation sites is 1. The van der Waals surface area contributed by atoms with E-state index in [-0.39, 0.29) is 11.8 Å². The fourth-order valence-corrected chi connectivity index (χ4v) is 3.79. The molecule has 0 aromatic heterocycles. The van der Waals surface area contributed by atoms with Gasteiger partial charge in [-0.2, -0.15) is 0 Å². The molecule has 0 saturated heterocycles. The number of carbonyl (C=O) groups excluding carboxylic acids is 2. The van der Waals surface area contributed by atoms with Crippen molar-refractivity contribution in [3.8, 4) is 0 Å². The summed E-state index contributed by atoms with van der Waals surface area (Å²) in [6, 6.07) is 21.7. The molecule has 0 radical (unpaired) electrons. The Morgan fingerprint density at radius 3 is 2.07 bits per heavy atom. The highest BCUT2D eigenvalue weighted by atomic mass is 79.9. The summed E-state index contributed by atoms with van der Waals surface area (Å²) in [6.45, 7) is 3.91. The first-order valence-corrected chi connectivity index (χ1v) is 10.1. The van der Waals surface area contributed by atoms with E-state index in [2.05, 4.69) is 21.2 Å². The summed E-state index contributed by atoms with van der Waals surface area (Å²) in [5, 5.41) is 3.03. The van der Waals surface area contributed by atoms with Crippen LogP contribution in [0.4, 0.5) is 5.69 Å². The van der Waals surface area contributed by atoms with Gasteiger partial charge in [0.15, 0.2) is 0 Å². The van der Waals surface area contributed by atoms with Crippen LogP contribution in [0.15, 0.2) is 77.3 Å². The van der Waals surface area contributed by atoms with Crippen molar-refractivity contribution in [2.45, 2.75) is 19.9 Å². The number of anilines is 1. The molecule has 0 heterocycles. The molecular weight excluding hydrogens is 428 g/mol. The van der Waals surface area contributed by atoms with Gasteiger partial charge in [0, 0.05) is 17.2 Å². The van der Waals surface area contributed by atoms with E-state index >= 15 is 0 Å². The first-order chi connectivity index (χ1) is 13.9. The van der Waals surface area contributed by atoms with Crippen LogP contribution in [0, 0.1) is 13.8 Å². The van der Waals surface area contributed by atoms with Crippen molar-refractivity contribution in [3.63, 3.8) is 0 Å². The zero-order valence-electron chi connectivity index (χ0n) is 16.6. The van der Waals surface area contributed by atoms with Crippen LogP contribution in [0.1, 0.15) is 33.1 Å². The van der Waals surface area contributed by atoms with Gasteiger partial charge in [0.2, 0.25) is 0 Å². The zero-order valence-corrected chi connectivity index (χ0v) is 18.2. The van der Waals surface area contributed by atoms with Gasteiger partial charge in [0.25, 0.3) is 11.8 Å². The number of likely N-dealkylation sites (N-methyl/N-ethyl adjacent to an activating group) is 1. The molecule has 0 unspecified atom stereocenters. The minimum atomic E-state index is -0.769. The van der Waals surface area contributed by atoms with Gasteiger partial charge in [-0.05, 0) is 58.6 Å². The fraction of sp³-hybridized carbons (Fsp3) is 0.167. The van der Waals surface area contributed by atoms with Crippen LogP contribution in [0.2, 0.25) is 0 Å². The van der Waals surface area contributed by atoms with Crippen LogP contribution in [0.25, 0.3) is 0 Å². The van der Waals surface area contributed by atoms with E-state index in [1.807, 2.05) is 74.5 Å². The van der Waals surface area contributed by atoms with Gasteiger partial charge in [0.05, 0.1) is 5.56 Å². The van der Waals surface area contributed by atoms with Gasteiger partial charge in [-0.15, -0.1) is 0 Å². The Bertz CT molecular complexity index is 1010. The zero-order chi connectivity index (χ0) is 21.0. The first kappa shape index (κ1) is 20.8. The van der Waals surface area contributed by atoms with Gasteiger partial charge < -0.3 is 10.2 Å². The minimum absolute atomic E-state index is 0.233. The molecule has 4 nitrogen and oxygen atoms in total. The second-order valence-corrected chi connectivity index (χ2v) is 7.82. The second-order valence-electron chi connectivity index (χ2n) is 6.97. The molecule has 0 aliphatic rings. The Kier molecular flexibility index (Phi) is 6.49. The lowest BCUT2D eigenvalue weighted by atomic mass is 10.0. The normalized spacial score (nSPS) is 11.6. The van der Waals surface area contributed by atoms with Gasteiger partial charge >= 0.3 is 0 Å². The third kappa shape index (κ3) is 4.57. The molecule has 3 rings (SSSR count). The quantitative estimate of drug-likeness (QED) is 0.556. The summed E-state index contributed by atoms with van der Waals surface area (Å²) >= 11 is 3.43. The van der Waals surface area contributed by atoms with Crippen molar-refractivity contribution in [1.82, 2.24) is 4.90 Å². The topological polar surface area (TPSA) is 49.4 Å². The largest absolute Gasteiger partial charge is 0.326 e. The maximum atomic E-state index is 13.4. The average Bonchev–Trinajstić information content (AvgIpc) is 2.71. The Morgan fingerprint density at radius 2 is 1.45 bits per heavy atom. The van der Waals surface area contributed by atoms with E-state index in [1.165, 1.54) is 4.90 Å². The third-order valence-electron chi connectivity index (χ3n) is 4.90. The molecule has 29 heavy (non-hydrogen) atoms. The molecule has 0 fully saturated rings. The van der Waals surface area contributed by atoms with Gasteiger partial charge in [-0.25, -0.2) is 0 Å². The van der Waals surface area contributed by atoms with Crippen LogP contribution in [0.5, 0.6) is 0 Å². The summed E-state index contributed by atoms with van der Waals surface area (Å²) in [5.74, 6) is -0.487. The number of hydrogen-bond donors (Lipinski definition) is 1. The highest BCUT2D eigenvalue weighted by Gasteiger charge is 2.30. The van der Waals surface area contributed by atoms with Crippen LogP contribution in [-0.4, -0.2) is 23.8 Å². The van der Waals surface area contributed by atoms with E-state index < -0.39 is 6.04 Å². The van der Waals surface area contributed by atoms with Gasteiger partial charge in [-0.1, -0.05) is 60.7 Å². The second kappa shape index (κ2) is 9.05. The molecule has 3 aromatic rings. The lowest BCUT2D eigenvalue weighted by Crippen LogP contribution is -2.39. The van der Waals surface area contributed by atoms with E-state index in [4.69, 9.17) is 0 Å². The van der Waals surface area contributed by atoms with E-state index in [0.29, 0.717) is 10.0 Å². The predicted octanol–water partition coefficient (Wildman–Crippen LogP) is 5.52. The van der Waals surface area contributed by atoms with Crippen molar-refractivity contribution >= 4 is 33.4 Å². The number of nitrogens with one attached hydrogen (secondary N) is 1.